The minimum Gasteiger partial charge on any atom is -0.378 e. The van der Waals surface area contributed by atoms with E-state index in [1.54, 1.807) is 11.3 Å². The molecule has 0 amide bonds. The van der Waals surface area contributed by atoms with Gasteiger partial charge in [-0.2, -0.15) is 0 Å². The zero-order chi connectivity index (χ0) is 10.8. The number of hydrogen-bond donors (Lipinski definition) is 0. The molecule has 0 radical (unpaired) electrons. The number of rotatable bonds is 2. The van der Waals surface area contributed by atoms with E-state index in [0.29, 0.717) is 5.92 Å². The summed E-state index contributed by atoms with van der Waals surface area (Å²) in [7, 11) is 0. The second kappa shape index (κ2) is 4.80. The number of aromatic nitrogens is 1. The largest absolute Gasteiger partial charge is 0.378 e. The second-order valence-electron chi connectivity index (χ2n) is 3.91. The number of halogens is 1. The molecule has 0 aliphatic carbocycles. The highest BCUT2D eigenvalue weighted by Gasteiger charge is 2.18. The molecule has 3 nitrogen and oxygen atoms in total. The van der Waals surface area contributed by atoms with E-state index in [1.807, 2.05) is 0 Å². The van der Waals surface area contributed by atoms with Crippen LogP contribution in [0.2, 0.25) is 0 Å². The molecule has 1 aliphatic heterocycles. The Morgan fingerprint density at radius 2 is 2.07 bits per heavy atom. The maximum absolute atomic E-state index is 5.33. The maximum Gasteiger partial charge on any atom is 0.186 e. The number of hydrogen-bond acceptors (Lipinski definition) is 4. The Morgan fingerprint density at radius 1 is 1.40 bits per heavy atom. The smallest absolute Gasteiger partial charge is 0.186 e. The number of anilines is 1. The molecule has 0 unspecified atom stereocenters. The lowest BCUT2D eigenvalue weighted by molar-refractivity contribution is 0.122. The second-order valence-corrected chi connectivity index (χ2v) is 6.20. The third kappa shape index (κ3) is 2.52. The van der Waals surface area contributed by atoms with Gasteiger partial charge in [0.05, 0.1) is 22.7 Å². The first-order chi connectivity index (χ1) is 7.18. The van der Waals surface area contributed by atoms with Gasteiger partial charge in [-0.3, -0.25) is 0 Å². The zero-order valence-corrected chi connectivity index (χ0v) is 11.4. The van der Waals surface area contributed by atoms with Gasteiger partial charge in [0.25, 0.3) is 0 Å². The van der Waals surface area contributed by atoms with Crippen LogP contribution in [0, 0.1) is 0 Å². The summed E-state index contributed by atoms with van der Waals surface area (Å²) in [6.45, 7) is 7.88. The molecule has 1 aromatic rings. The standard InChI is InChI=1S/C10H15BrN2OS/c1-7(2)8-9(11)15-10(12-8)13-3-5-14-6-4-13/h7H,3-6H2,1-2H3. The lowest BCUT2D eigenvalue weighted by atomic mass is 10.2. The highest BCUT2D eigenvalue weighted by Crippen LogP contribution is 2.34. The fourth-order valence-corrected chi connectivity index (χ4v) is 3.53. The van der Waals surface area contributed by atoms with E-state index in [2.05, 4.69) is 39.7 Å². The van der Waals surface area contributed by atoms with Gasteiger partial charge in [-0.1, -0.05) is 25.2 Å². The highest BCUT2D eigenvalue weighted by molar-refractivity contribution is 9.11. The third-order valence-corrected chi connectivity index (χ3v) is 4.24. The van der Waals surface area contributed by atoms with Crippen molar-refractivity contribution in [3.8, 4) is 0 Å². The molecular weight excluding hydrogens is 276 g/mol. The summed E-state index contributed by atoms with van der Waals surface area (Å²) >= 11 is 5.31. The van der Waals surface area contributed by atoms with Gasteiger partial charge in [0.1, 0.15) is 0 Å². The summed E-state index contributed by atoms with van der Waals surface area (Å²) in [5.74, 6) is 0.477. The Balaban J connectivity index is 2.17. The van der Waals surface area contributed by atoms with E-state index >= 15 is 0 Å². The summed E-state index contributed by atoms with van der Waals surface area (Å²) in [5, 5.41) is 1.12. The third-order valence-electron chi connectivity index (χ3n) is 2.43. The molecule has 15 heavy (non-hydrogen) atoms. The molecule has 2 rings (SSSR count). The van der Waals surface area contributed by atoms with Gasteiger partial charge in [0.15, 0.2) is 5.13 Å². The predicted octanol–water partition coefficient (Wildman–Crippen LogP) is 2.87. The van der Waals surface area contributed by atoms with Gasteiger partial charge in [-0.25, -0.2) is 4.98 Å². The van der Waals surface area contributed by atoms with Gasteiger partial charge in [-0.05, 0) is 21.8 Å². The lowest BCUT2D eigenvalue weighted by Gasteiger charge is -2.26. The molecule has 0 atom stereocenters. The van der Waals surface area contributed by atoms with Crippen molar-refractivity contribution in [2.45, 2.75) is 19.8 Å². The zero-order valence-electron chi connectivity index (χ0n) is 8.99. The van der Waals surface area contributed by atoms with Crippen molar-refractivity contribution in [3.05, 3.63) is 9.48 Å². The topological polar surface area (TPSA) is 25.4 Å². The molecule has 2 heterocycles. The first-order valence-corrected chi connectivity index (χ1v) is 6.78. The van der Waals surface area contributed by atoms with Crippen LogP contribution in [0.15, 0.2) is 3.79 Å². The van der Waals surface area contributed by atoms with Gasteiger partial charge >= 0.3 is 0 Å². The fraction of sp³-hybridized carbons (Fsp3) is 0.700. The van der Waals surface area contributed by atoms with E-state index in [9.17, 15) is 0 Å². The van der Waals surface area contributed by atoms with Crippen LogP contribution in [-0.4, -0.2) is 31.3 Å². The first kappa shape index (κ1) is 11.4. The van der Waals surface area contributed by atoms with Crippen molar-refractivity contribution in [1.82, 2.24) is 4.98 Å². The average Bonchev–Trinajstić information content (AvgIpc) is 2.62. The molecule has 0 spiro atoms. The summed E-state index contributed by atoms with van der Waals surface area (Å²) in [6.07, 6.45) is 0. The summed E-state index contributed by atoms with van der Waals surface area (Å²) in [5.41, 5.74) is 1.17. The molecule has 5 heteroatoms. The van der Waals surface area contributed by atoms with Crippen LogP contribution in [-0.2, 0) is 4.74 Å². The van der Waals surface area contributed by atoms with Crippen LogP contribution in [0.1, 0.15) is 25.5 Å². The summed E-state index contributed by atoms with van der Waals surface area (Å²) in [4.78, 5) is 6.97. The van der Waals surface area contributed by atoms with E-state index < -0.39 is 0 Å². The van der Waals surface area contributed by atoms with Crippen LogP contribution in [0.4, 0.5) is 5.13 Å². The van der Waals surface area contributed by atoms with Gasteiger partial charge < -0.3 is 9.64 Å². The average molecular weight is 291 g/mol. The summed E-state index contributed by atoms with van der Waals surface area (Å²) in [6, 6.07) is 0. The van der Waals surface area contributed by atoms with Gasteiger partial charge in [-0.15, -0.1) is 0 Å². The van der Waals surface area contributed by atoms with E-state index in [1.165, 1.54) is 9.48 Å². The van der Waals surface area contributed by atoms with Crippen molar-refractivity contribution >= 4 is 32.4 Å². The Morgan fingerprint density at radius 3 is 2.60 bits per heavy atom. The summed E-state index contributed by atoms with van der Waals surface area (Å²) < 4.78 is 6.49. The van der Waals surface area contributed by atoms with Gasteiger partial charge in [0, 0.05) is 13.1 Å². The van der Waals surface area contributed by atoms with Crippen LogP contribution < -0.4 is 4.90 Å². The number of ether oxygens (including phenoxy) is 1. The minimum atomic E-state index is 0.477. The maximum atomic E-state index is 5.33. The first-order valence-electron chi connectivity index (χ1n) is 5.17. The Bertz CT molecular complexity index is 334. The predicted molar refractivity (Wildman–Crippen MR) is 66.9 cm³/mol. The molecule has 1 fully saturated rings. The van der Waals surface area contributed by atoms with Crippen LogP contribution in [0.3, 0.4) is 0 Å². The number of morpholine rings is 1. The highest BCUT2D eigenvalue weighted by atomic mass is 79.9. The molecule has 0 N–H and O–H groups in total. The molecule has 0 bridgehead atoms. The van der Waals surface area contributed by atoms with Crippen molar-refractivity contribution in [1.29, 1.82) is 0 Å². The Hall–Kier alpha value is -0.130. The SMILES string of the molecule is CC(C)c1nc(N2CCOCC2)sc1Br. The van der Waals surface area contributed by atoms with Crippen molar-refractivity contribution in [2.24, 2.45) is 0 Å². The molecule has 84 valence electrons. The molecule has 1 aromatic heterocycles. The van der Waals surface area contributed by atoms with E-state index in [0.717, 1.165) is 31.4 Å². The fourth-order valence-electron chi connectivity index (χ4n) is 1.55. The molecule has 0 saturated carbocycles. The molecule has 1 aliphatic rings. The normalized spacial score (nSPS) is 17.5. The van der Waals surface area contributed by atoms with Gasteiger partial charge in [0.2, 0.25) is 0 Å². The van der Waals surface area contributed by atoms with Crippen LogP contribution >= 0.6 is 27.3 Å². The van der Waals surface area contributed by atoms with Crippen LogP contribution in [0.25, 0.3) is 0 Å². The lowest BCUT2D eigenvalue weighted by Crippen LogP contribution is -2.36. The minimum absolute atomic E-state index is 0.477. The Labute approximate surface area is 103 Å². The molecule has 0 aromatic carbocycles. The molecule has 1 saturated heterocycles. The van der Waals surface area contributed by atoms with E-state index in [4.69, 9.17) is 4.74 Å². The number of nitrogens with zero attached hydrogens (tertiary/aromatic N) is 2. The number of thiazole rings is 1. The Kier molecular flexibility index (Phi) is 3.64. The quantitative estimate of drug-likeness (QED) is 0.838. The van der Waals surface area contributed by atoms with E-state index in [-0.39, 0.29) is 0 Å². The van der Waals surface area contributed by atoms with Crippen molar-refractivity contribution < 1.29 is 4.74 Å². The molecular formula is C10H15BrN2OS. The van der Waals surface area contributed by atoms with Crippen LogP contribution in [0.5, 0.6) is 0 Å². The monoisotopic (exact) mass is 290 g/mol. The van der Waals surface area contributed by atoms with Crippen molar-refractivity contribution in [2.75, 3.05) is 31.2 Å². The van der Waals surface area contributed by atoms with Crippen molar-refractivity contribution in [3.63, 3.8) is 0 Å².